The number of carbonyl (C=O) groups is 3. The Balaban J connectivity index is 1.20. The third-order valence-corrected chi connectivity index (χ3v) is 7.59. The van der Waals surface area contributed by atoms with Gasteiger partial charge in [0.2, 0.25) is 5.91 Å². The lowest BCUT2D eigenvalue weighted by Gasteiger charge is -2.35. The van der Waals surface area contributed by atoms with Crippen LogP contribution < -0.4 is 14.8 Å². The van der Waals surface area contributed by atoms with Crippen LogP contribution in [0.3, 0.4) is 0 Å². The van der Waals surface area contributed by atoms with Gasteiger partial charge in [0.25, 0.3) is 5.91 Å². The van der Waals surface area contributed by atoms with E-state index in [9.17, 15) is 14.4 Å². The smallest absolute Gasteiger partial charge is 0.326 e. The normalized spacial score (nSPS) is 26.4. The van der Waals surface area contributed by atoms with Crippen molar-refractivity contribution in [2.24, 2.45) is 5.92 Å². The van der Waals surface area contributed by atoms with E-state index in [-0.39, 0.29) is 24.4 Å². The number of nitrogens with zero attached hydrogens (tertiary/aromatic N) is 3. The molecule has 0 unspecified atom stereocenters. The second kappa shape index (κ2) is 9.44. The van der Waals surface area contributed by atoms with Gasteiger partial charge < -0.3 is 19.7 Å². The molecule has 3 saturated heterocycles. The Kier molecular flexibility index (Phi) is 6.38. The molecular formula is C25H34N4O5. The number of rotatable bonds is 4. The monoisotopic (exact) mass is 470 g/mol. The van der Waals surface area contributed by atoms with Gasteiger partial charge in [0, 0.05) is 32.1 Å². The average Bonchev–Trinajstić information content (AvgIpc) is 3.05. The summed E-state index contributed by atoms with van der Waals surface area (Å²) < 4.78 is 11.2. The summed E-state index contributed by atoms with van der Waals surface area (Å²) in [5, 5.41) is 2.87. The van der Waals surface area contributed by atoms with Crippen LogP contribution in [-0.4, -0.2) is 78.6 Å². The van der Waals surface area contributed by atoms with E-state index in [0.29, 0.717) is 43.4 Å². The number of hydrogen-bond donors (Lipinski definition) is 1. The van der Waals surface area contributed by atoms with Gasteiger partial charge in [0.1, 0.15) is 18.8 Å². The van der Waals surface area contributed by atoms with Crippen LogP contribution in [0.4, 0.5) is 4.79 Å². The predicted octanol–water partition coefficient (Wildman–Crippen LogP) is 2.30. The van der Waals surface area contributed by atoms with Crippen LogP contribution in [-0.2, 0) is 15.1 Å². The highest BCUT2D eigenvalue weighted by molar-refractivity contribution is 6.07. The third kappa shape index (κ3) is 4.33. The molecule has 1 N–H and O–H groups in total. The van der Waals surface area contributed by atoms with Crippen molar-refractivity contribution in [3.63, 3.8) is 0 Å². The quantitative estimate of drug-likeness (QED) is 0.679. The van der Waals surface area contributed by atoms with Gasteiger partial charge in [-0.3, -0.25) is 14.5 Å². The lowest BCUT2D eigenvalue weighted by atomic mass is 9.91. The first-order chi connectivity index (χ1) is 16.5. The number of carbonyl (C=O) groups excluding carboxylic acids is 3. The van der Waals surface area contributed by atoms with Crippen molar-refractivity contribution in [3.05, 3.63) is 23.8 Å². The molecule has 9 heteroatoms. The van der Waals surface area contributed by atoms with Gasteiger partial charge in [-0.25, -0.2) is 9.69 Å². The summed E-state index contributed by atoms with van der Waals surface area (Å²) in [4.78, 5) is 44.6. The Labute approximate surface area is 200 Å². The number of fused-ring (bicyclic) bond motifs is 1. The van der Waals surface area contributed by atoms with E-state index in [0.717, 1.165) is 38.8 Å². The average molecular weight is 471 g/mol. The number of nitrogens with one attached hydrogen (secondary N) is 1. The summed E-state index contributed by atoms with van der Waals surface area (Å²) in [5.74, 6) is 1.27. The highest BCUT2D eigenvalue weighted by atomic mass is 16.6. The molecule has 184 valence electrons. The lowest BCUT2D eigenvalue weighted by molar-refractivity contribution is -0.138. The van der Waals surface area contributed by atoms with Crippen LogP contribution in [0.25, 0.3) is 0 Å². The molecule has 0 spiro atoms. The summed E-state index contributed by atoms with van der Waals surface area (Å²) in [6.07, 6.45) is 6.13. The molecule has 0 aliphatic carbocycles. The summed E-state index contributed by atoms with van der Waals surface area (Å²) in [5.41, 5.74) is -0.493. The maximum Gasteiger partial charge on any atom is 0.326 e. The SMILES string of the molecule is C[C@]1(c2ccc3c(c2)OCCO3)NC(=O)N(CN2CCC(C(=O)N3CCCCCC3)CC2)C1=O. The summed E-state index contributed by atoms with van der Waals surface area (Å²) in [7, 11) is 0. The van der Waals surface area contributed by atoms with Gasteiger partial charge >= 0.3 is 6.03 Å². The highest BCUT2D eigenvalue weighted by Gasteiger charge is 2.50. The van der Waals surface area contributed by atoms with Crippen LogP contribution in [0.2, 0.25) is 0 Å². The molecular weight excluding hydrogens is 436 g/mol. The minimum atomic E-state index is -1.16. The fraction of sp³-hybridized carbons (Fsp3) is 0.640. The van der Waals surface area contributed by atoms with Crippen molar-refractivity contribution in [1.29, 1.82) is 0 Å². The molecule has 5 rings (SSSR count). The van der Waals surface area contributed by atoms with Crippen molar-refractivity contribution < 1.29 is 23.9 Å². The van der Waals surface area contributed by atoms with Gasteiger partial charge in [0.05, 0.1) is 6.67 Å². The van der Waals surface area contributed by atoms with Crippen LogP contribution in [0.1, 0.15) is 51.0 Å². The van der Waals surface area contributed by atoms with E-state index < -0.39 is 11.6 Å². The Morgan fingerprint density at radius 1 is 1.00 bits per heavy atom. The Morgan fingerprint density at radius 2 is 1.68 bits per heavy atom. The molecule has 4 aliphatic rings. The van der Waals surface area contributed by atoms with Crippen molar-refractivity contribution >= 4 is 17.8 Å². The number of ether oxygens (including phenoxy) is 2. The zero-order chi connectivity index (χ0) is 23.7. The molecule has 1 aromatic carbocycles. The van der Waals surface area contributed by atoms with Gasteiger partial charge in [-0.1, -0.05) is 18.9 Å². The first kappa shape index (κ1) is 23.0. The standard InChI is InChI=1S/C25H34N4O5/c1-25(19-6-7-20-21(16-19)34-15-14-33-20)23(31)29(24(32)26-25)17-27-12-8-18(9-13-27)22(30)28-10-4-2-3-5-11-28/h6-7,16,18H,2-5,8-15,17H2,1H3,(H,26,32)/t25-/m1/s1. The topological polar surface area (TPSA) is 91.4 Å². The Bertz CT molecular complexity index is 953. The van der Waals surface area contributed by atoms with Crippen LogP contribution in [0.5, 0.6) is 11.5 Å². The lowest BCUT2D eigenvalue weighted by Crippen LogP contribution is -2.48. The Hall–Kier alpha value is -2.81. The number of hydrogen-bond acceptors (Lipinski definition) is 6. The fourth-order valence-corrected chi connectivity index (χ4v) is 5.45. The van der Waals surface area contributed by atoms with Crippen LogP contribution in [0.15, 0.2) is 18.2 Å². The van der Waals surface area contributed by atoms with E-state index in [1.807, 2.05) is 4.90 Å². The molecule has 0 aromatic heterocycles. The second-order valence-electron chi connectivity index (χ2n) is 9.92. The summed E-state index contributed by atoms with van der Waals surface area (Å²) in [6, 6.07) is 4.96. The molecule has 0 saturated carbocycles. The van der Waals surface area contributed by atoms with Crippen LogP contribution >= 0.6 is 0 Å². The van der Waals surface area contributed by atoms with Gasteiger partial charge in [-0.2, -0.15) is 0 Å². The Morgan fingerprint density at radius 3 is 2.38 bits per heavy atom. The summed E-state index contributed by atoms with van der Waals surface area (Å²) in [6.45, 7) is 6.05. The zero-order valence-corrected chi connectivity index (χ0v) is 19.9. The summed E-state index contributed by atoms with van der Waals surface area (Å²) >= 11 is 0. The van der Waals surface area contributed by atoms with E-state index in [1.54, 1.807) is 25.1 Å². The minimum Gasteiger partial charge on any atom is -0.486 e. The van der Waals surface area contributed by atoms with E-state index in [1.165, 1.54) is 17.7 Å². The molecule has 1 aromatic rings. The zero-order valence-electron chi connectivity index (χ0n) is 19.9. The molecule has 9 nitrogen and oxygen atoms in total. The van der Waals surface area contributed by atoms with E-state index >= 15 is 0 Å². The third-order valence-electron chi connectivity index (χ3n) is 7.59. The molecule has 4 amide bonds. The molecule has 0 radical (unpaired) electrons. The molecule has 3 fully saturated rings. The van der Waals surface area contributed by atoms with Gasteiger partial charge in [-0.15, -0.1) is 0 Å². The fourth-order valence-electron chi connectivity index (χ4n) is 5.45. The van der Waals surface area contributed by atoms with Crippen molar-refractivity contribution in [2.75, 3.05) is 46.1 Å². The maximum atomic E-state index is 13.4. The number of amides is 4. The number of likely N-dealkylation sites (tertiary alicyclic amines) is 2. The molecule has 4 heterocycles. The van der Waals surface area contributed by atoms with Crippen molar-refractivity contribution in [3.8, 4) is 11.5 Å². The van der Waals surface area contributed by atoms with Crippen LogP contribution in [0, 0.1) is 5.92 Å². The first-order valence-electron chi connectivity index (χ1n) is 12.5. The van der Waals surface area contributed by atoms with Gasteiger partial charge in [0.15, 0.2) is 11.5 Å². The number of piperidine rings is 1. The largest absolute Gasteiger partial charge is 0.486 e. The van der Waals surface area contributed by atoms with Crippen molar-refractivity contribution in [2.45, 2.75) is 51.0 Å². The molecule has 4 aliphatic heterocycles. The first-order valence-corrected chi connectivity index (χ1v) is 12.5. The molecule has 34 heavy (non-hydrogen) atoms. The van der Waals surface area contributed by atoms with Gasteiger partial charge in [-0.05, 0) is 50.3 Å². The number of urea groups is 1. The number of imide groups is 1. The highest BCUT2D eigenvalue weighted by Crippen LogP contribution is 2.37. The van der Waals surface area contributed by atoms with E-state index in [2.05, 4.69) is 10.2 Å². The van der Waals surface area contributed by atoms with E-state index in [4.69, 9.17) is 9.47 Å². The minimum absolute atomic E-state index is 0.0421. The molecule has 0 bridgehead atoms. The number of benzene rings is 1. The second-order valence-corrected chi connectivity index (χ2v) is 9.92. The predicted molar refractivity (Wildman–Crippen MR) is 124 cm³/mol. The molecule has 1 atom stereocenters. The van der Waals surface area contributed by atoms with Crippen molar-refractivity contribution in [1.82, 2.24) is 20.0 Å². The maximum absolute atomic E-state index is 13.4.